The summed E-state index contributed by atoms with van der Waals surface area (Å²) in [7, 11) is 5.77. The lowest BCUT2D eigenvalue weighted by Gasteiger charge is -2.21. The molecule has 1 heterocycles. The summed E-state index contributed by atoms with van der Waals surface area (Å²) in [6.45, 7) is 1.03. The molecule has 1 aliphatic rings. The molecular weight excluding hydrogens is 254 g/mol. The van der Waals surface area contributed by atoms with E-state index in [4.69, 9.17) is 0 Å². The molecule has 108 valence electrons. The average Bonchev–Trinajstić information content (AvgIpc) is 2.85. The van der Waals surface area contributed by atoms with Gasteiger partial charge < -0.3 is 15.1 Å². The molecule has 1 aromatic rings. The molecule has 2 rings (SSSR count). The van der Waals surface area contributed by atoms with E-state index in [-0.39, 0.29) is 17.7 Å². The Morgan fingerprint density at radius 1 is 1.25 bits per heavy atom. The first-order valence-electron chi connectivity index (χ1n) is 6.75. The van der Waals surface area contributed by atoms with Crippen molar-refractivity contribution in [3.8, 4) is 0 Å². The lowest BCUT2D eigenvalue weighted by atomic mass is 10.1. The maximum Gasteiger partial charge on any atom is 0.228 e. The third-order valence-electron chi connectivity index (χ3n) is 3.58. The van der Waals surface area contributed by atoms with Crippen molar-refractivity contribution in [3.63, 3.8) is 0 Å². The Balaban J connectivity index is 1.95. The van der Waals surface area contributed by atoms with Gasteiger partial charge in [-0.2, -0.15) is 0 Å². The van der Waals surface area contributed by atoms with Gasteiger partial charge in [0.1, 0.15) is 0 Å². The van der Waals surface area contributed by atoms with Crippen molar-refractivity contribution in [1.29, 1.82) is 0 Å². The Morgan fingerprint density at radius 2 is 1.90 bits per heavy atom. The van der Waals surface area contributed by atoms with Crippen molar-refractivity contribution in [2.75, 3.05) is 32.6 Å². The molecule has 0 spiro atoms. The van der Waals surface area contributed by atoms with Gasteiger partial charge in [-0.15, -0.1) is 0 Å². The van der Waals surface area contributed by atoms with Crippen LogP contribution in [0.5, 0.6) is 0 Å². The largest absolute Gasteiger partial charge is 0.378 e. The smallest absolute Gasteiger partial charge is 0.228 e. The SMILES string of the molecule is CN(Cc1ccc(N(C)C)cc1)C(=O)C1CNC(=O)C1. The van der Waals surface area contributed by atoms with Crippen LogP contribution in [0, 0.1) is 5.92 Å². The van der Waals surface area contributed by atoms with Crippen LogP contribution in [0.1, 0.15) is 12.0 Å². The van der Waals surface area contributed by atoms with Crippen LogP contribution in [0.15, 0.2) is 24.3 Å². The van der Waals surface area contributed by atoms with Gasteiger partial charge in [-0.1, -0.05) is 12.1 Å². The number of rotatable bonds is 4. The number of hydrogen-bond donors (Lipinski definition) is 1. The average molecular weight is 275 g/mol. The molecule has 5 nitrogen and oxygen atoms in total. The Bertz CT molecular complexity index is 496. The highest BCUT2D eigenvalue weighted by atomic mass is 16.2. The van der Waals surface area contributed by atoms with Gasteiger partial charge in [-0.25, -0.2) is 0 Å². The fourth-order valence-electron chi connectivity index (χ4n) is 2.34. The number of benzene rings is 1. The molecule has 20 heavy (non-hydrogen) atoms. The van der Waals surface area contributed by atoms with Gasteiger partial charge in [0.25, 0.3) is 0 Å². The molecule has 0 aromatic heterocycles. The fraction of sp³-hybridized carbons (Fsp3) is 0.467. The molecular formula is C15H21N3O2. The summed E-state index contributed by atoms with van der Waals surface area (Å²) < 4.78 is 0. The second kappa shape index (κ2) is 5.94. The van der Waals surface area contributed by atoms with E-state index in [0.717, 1.165) is 11.3 Å². The minimum atomic E-state index is -0.214. The number of nitrogens with one attached hydrogen (secondary N) is 1. The summed E-state index contributed by atoms with van der Waals surface area (Å²) in [5.74, 6) is -0.222. The molecule has 1 aromatic carbocycles. The standard InChI is InChI=1S/C15H21N3O2/c1-17(2)13-6-4-11(5-7-13)10-18(3)15(20)12-8-14(19)16-9-12/h4-7,12H,8-10H2,1-3H3,(H,16,19). The molecule has 1 N–H and O–H groups in total. The zero-order valence-corrected chi connectivity index (χ0v) is 12.2. The highest BCUT2D eigenvalue weighted by molar-refractivity contribution is 5.89. The number of nitrogens with zero attached hydrogens (tertiary/aromatic N) is 2. The molecule has 0 saturated carbocycles. The van der Waals surface area contributed by atoms with Gasteiger partial charge in [0.2, 0.25) is 11.8 Å². The van der Waals surface area contributed by atoms with Crippen LogP contribution in [0.4, 0.5) is 5.69 Å². The summed E-state index contributed by atoms with van der Waals surface area (Å²) in [5, 5.41) is 2.70. The second-order valence-corrected chi connectivity index (χ2v) is 5.46. The zero-order chi connectivity index (χ0) is 14.7. The zero-order valence-electron chi connectivity index (χ0n) is 12.2. The van der Waals surface area contributed by atoms with Gasteiger partial charge in [-0.3, -0.25) is 9.59 Å². The Hall–Kier alpha value is -2.04. The number of hydrogen-bond acceptors (Lipinski definition) is 3. The van der Waals surface area contributed by atoms with Gasteiger partial charge in [0.15, 0.2) is 0 Å². The fourth-order valence-corrected chi connectivity index (χ4v) is 2.34. The van der Waals surface area contributed by atoms with E-state index in [9.17, 15) is 9.59 Å². The van der Waals surface area contributed by atoms with E-state index in [1.807, 2.05) is 43.3 Å². The lowest BCUT2D eigenvalue weighted by Crippen LogP contribution is -2.33. The van der Waals surface area contributed by atoms with Crippen molar-refractivity contribution in [1.82, 2.24) is 10.2 Å². The minimum absolute atomic E-state index is 0.0278. The van der Waals surface area contributed by atoms with E-state index < -0.39 is 0 Å². The molecule has 0 radical (unpaired) electrons. The van der Waals surface area contributed by atoms with Gasteiger partial charge in [0, 0.05) is 46.3 Å². The van der Waals surface area contributed by atoms with Crippen LogP contribution in [0.2, 0.25) is 0 Å². The van der Waals surface area contributed by atoms with Crippen molar-refractivity contribution in [3.05, 3.63) is 29.8 Å². The maximum absolute atomic E-state index is 12.2. The van der Waals surface area contributed by atoms with Gasteiger partial charge >= 0.3 is 0 Å². The number of carbonyl (C=O) groups is 2. The molecule has 0 bridgehead atoms. The lowest BCUT2D eigenvalue weighted by molar-refractivity contribution is -0.135. The van der Waals surface area contributed by atoms with Crippen LogP contribution in [-0.2, 0) is 16.1 Å². The molecule has 5 heteroatoms. The number of anilines is 1. The minimum Gasteiger partial charge on any atom is -0.378 e. The number of amides is 2. The first-order chi connectivity index (χ1) is 9.47. The summed E-state index contributed by atoms with van der Waals surface area (Å²) in [5.41, 5.74) is 2.22. The Kier molecular flexibility index (Phi) is 4.27. The molecule has 1 atom stereocenters. The predicted octanol–water partition coefficient (Wildman–Crippen LogP) is 0.847. The van der Waals surface area contributed by atoms with Crippen LogP contribution >= 0.6 is 0 Å². The van der Waals surface area contributed by atoms with Crippen LogP contribution in [0.25, 0.3) is 0 Å². The maximum atomic E-state index is 12.2. The van der Waals surface area contributed by atoms with E-state index in [2.05, 4.69) is 5.32 Å². The quantitative estimate of drug-likeness (QED) is 0.886. The first kappa shape index (κ1) is 14.4. The van der Waals surface area contributed by atoms with Crippen molar-refractivity contribution in [2.45, 2.75) is 13.0 Å². The summed E-state index contributed by atoms with van der Waals surface area (Å²) in [6.07, 6.45) is 0.308. The van der Waals surface area contributed by atoms with Crippen LogP contribution < -0.4 is 10.2 Å². The third-order valence-corrected chi connectivity index (χ3v) is 3.58. The van der Waals surface area contributed by atoms with Gasteiger partial charge in [-0.05, 0) is 17.7 Å². The predicted molar refractivity (Wildman–Crippen MR) is 78.4 cm³/mol. The van der Waals surface area contributed by atoms with Crippen LogP contribution in [-0.4, -0.2) is 44.4 Å². The second-order valence-electron chi connectivity index (χ2n) is 5.46. The topological polar surface area (TPSA) is 52.6 Å². The first-order valence-corrected chi connectivity index (χ1v) is 6.75. The summed E-state index contributed by atoms with van der Waals surface area (Å²) >= 11 is 0. The molecule has 1 fully saturated rings. The van der Waals surface area contributed by atoms with Crippen molar-refractivity contribution >= 4 is 17.5 Å². The monoisotopic (exact) mass is 275 g/mol. The Labute approximate surface area is 119 Å². The molecule has 1 saturated heterocycles. The van der Waals surface area contributed by atoms with E-state index >= 15 is 0 Å². The summed E-state index contributed by atoms with van der Waals surface area (Å²) in [4.78, 5) is 27.1. The summed E-state index contributed by atoms with van der Waals surface area (Å²) in [6, 6.07) is 8.12. The van der Waals surface area contributed by atoms with E-state index in [0.29, 0.717) is 19.5 Å². The normalized spacial score (nSPS) is 17.8. The van der Waals surface area contributed by atoms with Crippen LogP contribution in [0.3, 0.4) is 0 Å². The molecule has 1 aliphatic heterocycles. The van der Waals surface area contributed by atoms with Gasteiger partial charge in [0.05, 0.1) is 5.92 Å². The molecule has 0 aliphatic carbocycles. The van der Waals surface area contributed by atoms with Crippen molar-refractivity contribution in [2.24, 2.45) is 5.92 Å². The van der Waals surface area contributed by atoms with Crippen molar-refractivity contribution < 1.29 is 9.59 Å². The highest BCUT2D eigenvalue weighted by Gasteiger charge is 2.29. The highest BCUT2D eigenvalue weighted by Crippen LogP contribution is 2.16. The molecule has 2 amide bonds. The van der Waals surface area contributed by atoms with E-state index in [1.165, 1.54) is 0 Å². The van der Waals surface area contributed by atoms with E-state index in [1.54, 1.807) is 11.9 Å². The number of carbonyl (C=O) groups excluding carboxylic acids is 2. The molecule has 1 unspecified atom stereocenters. The Morgan fingerprint density at radius 3 is 2.40 bits per heavy atom. The third kappa shape index (κ3) is 3.29.